The summed E-state index contributed by atoms with van der Waals surface area (Å²) in [5.41, 5.74) is 36.7. The Balaban J connectivity index is 1.95. The maximum atomic E-state index is 15.2. The highest BCUT2D eigenvalue weighted by Crippen LogP contribution is 2.27. The van der Waals surface area contributed by atoms with Crippen molar-refractivity contribution in [3.63, 3.8) is 0 Å². The van der Waals surface area contributed by atoms with Crippen LogP contribution < -0.4 is 55.7 Å². The summed E-state index contributed by atoms with van der Waals surface area (Å²) < 4.78 is 0. The van der Waals surface area contributed by atoms with Crippen molar-refractivity contribution in [2.45, 2.75) is 251 Å². The van der Waals surface area contributed by atoms with Crippen molar-refractivity contribution in [1.29, 1.82) is 0 Å². The number of primary amides is 1. The zero-order valence-electron chi connectivity index (χ0n) is 60.0. The molecule has 9 atom stereocenters. The number of nitrogens with zero attached hydrogens (tertiary/aromatic N) is 2. The van der Waals surface area contributed by atoms with Crippen molar-refractivity contribution in [2.24, 2.45) is 79.9 Å². The second-order valence-electron chi connectivity index (χ2n) is 27.3. The first-order valence-corrected chi connectivity index (χ1v) is 37.9. The SMILES string of the molecule is CCCCCCCCCCCCCCCC(=O)N[C@@H](CCCN=C(N)N)C(=O)C[C@@H](CC(C)C)C(=O)N[C@@H](CCCN=C(N)N)C(=O)C[C@@H](CCCCN)C(=O)N[C@@H](Cc1c[nH]c2ccccc12)C(=O)C[C@@H](CCSC)C(=O)N[C@@H](Cc1ccccc1)C(=O)C[C@H](C(N)=O)[C@@H](C)CC. The van der Waals surface area contributed by atoms with Crippen LogP contribution in [0.25, 0.3) is 10.9 Å². The predicted molar refractivity (Wildman–Crippen MR) is 396 cm³/mol. The zero-order valence-corrected chi connectivity index (χ0v) is 60.8. The van der Waals surface area contributed by atoms with Gasteiger partial charge in [-0.25, -0.2) is 0 Å². The van der Waals surface area contributed by atoms with Crippen molar-refractivity contribution >= 4 is 87.3 Å². The number of aromatic nitrogens is 1. The van der Waals surface area contributed by atoms with Gasteiger partial charge in [0.15, 0.2) is 35.1 Å². The molecule has 3 aromatic rings. The number of carbonyl (C=O) groups excluding carboxylic acids is 9. The van der Waals surface area contributed by atoms with Crippen LogP contribution in [0.5, 0.6) is 0 Å². The number of nitrogens with one attached hydrogen (secondary N) is 5. The fourth-order valence-electron chi connectivity index (χ4n) is 12.6. The van der Waals surface area contributed by atoms with Gasteiger partial charge in [-0.1, -0.05) is 173 Å². The van der Waals surface area contributed by atoms with Gasteiger partial charge < -0.3 is 60.7 Å². The Kier molecular flexibility index (Phi) is 42.9. The number of carbonyl (C=O) groups is 9. The second kappa shape index (κ2) is 49.4. The summed E-state index contributed by atoms with van der Waals surface area (Å²) in [6.07, 6.45) is 21.4. The van der Waals surface area contributed by atoms with Gasteiger partial charge in [0.25, 0.3) is 0 Å². The van der Waals surface area contributed by atoms with E-state index in [9.17, 15) is 28.8 Å². The molecule has 22 nitrogen and oxygen atoms in total. The molecule has 0 unspecified atom stereocenters. The Morgan fingerprint density at radius 2 is 0.990 bits per heavy atom. The summed E-state index contributed by atoms with van der Waals surface area (Å²) >= 11 is 1.49. The van der Waals surface area contributed by atoms with Crippen molar-refractivity contribution in [3.8, 4) is 0 Å². The van der Waals surface area contributed by atoms with Crippen molar-refractivity contribution in [2.75, 3.05) is 31.6 Å². The quantitative estimate of drug-likeness (QED) is 0.0142. The number of fused-ring (bicyclic) bond motifs is 1. The van der Waals surface area contributed by atoms with Crippen LogP contribution in [0.4, 0.5) is 0 Å². The van der Waals surface area contributed by atoms with Crippen LogP contribution in [-0.2, 0) is 56.0 Å². The lowest BCUT2D eigenvalue weighted by Gasteiger charge is -2.27. The van der Waals surface area contributed by atoms with Crippen molar-refractivity contribution < 1.29 is 43.2 Å². The van der Waals surface area contributed by atoms with Gasteiger partial charge in [0, 0.05) is 92.4 Å². The van der Waals surface area contributed by atoms with E-state index >= 15 is 14.4 Å². The molecule has 17 N–H and O–H groups in total. The molecule has 1 aromatic heterocycles. The molecule has 1 heterocycles. The molecule has 0 aliphatic rings. The summed E-state index contributed by atoms with van der Waals surface area (Å²) in [5, 5.41) is 12.8. The Morgan fingerprint density at radius 1 is 0.510 bits per heavy atom. The minimum Gasteiger partial charge on any atom is -0.370 e. The van der Waals surface area contributed by atoms with Crippen molar-refractivity contribution in [1.82, 2.24) is 26.3 Å². The molecule has 2 aromatic carbocycles. The van der Waals surface area contributed by atoms with Crippen LogP contribution >= 0.6 is 11.8 Å². The second-order valence-corrected chi connectivity index (χ2v) is 28.3. The van der Waals surface area contributed by atoms with Gasteiger partial charge in [-0.15, -0.1) is 0 Å². The van der Waals surface area contributed by atoms with E-state index in [1.165, 1.54) is 69.5 Å². The average Bonchev–Trinajstić information content (AvgIpc) is 1.62. The van der Waals surface area contributed by atoms with E-state index in [0.29, 0.717) is 44.4 Å². The molecule has 5 amide bonds. The first-order chi connectivity index (χ1) is 47.0. The maximum Gasteiger partial charge on any atom is 0.224 e. The lowest BCUT2D eigenvalue weighted by Crippen LogP contribution is -2.49. The lowest BCUT2D eigenvalue weighted by molar-refractivity contribution is -0.136. The predicted octanol–water partition coefficient (Wildman–Crippen LogP) is 9.24. The molecule has 0 spiro atoms. The summed E-state index contributed by atoms with van der Waals surface area (Å²) in [6, 6.07) is 12.4. The van der Waals surface area contributed by atoms with Gasteiger partial charge in [-0.05, 0) is 112 Å². The number of aromatic amines is 1. The van der Waals surface area contributed by atoms with Crippen LogP contribution in [0, 0.1) is 35.5 Å². The van der Waals surface area contributed by atoms with E-state index in [1.54, 1.807) is 6.20 Å². The molecule has 23 heteroatoms. The minimum absolute atomic E-state index is 0.0217. The van der Waals surface area contributed by atoms with E-state index < -0.39 is 83.0 Å². The first-order valence-electron chi connectivity index (χ1n) is 36.5. The molecule has 0 aliphatic heterocycles. The standard InChI is InChI=1S/C75H123N13O9S/c1-7-9-10-11-12-13-14-15-16-17-18-19-23-37-69(93)85-61(35-28-40-82-74(78)79)66(90)48-56(43-51(3)4)73(97)86-62(36-29-41-83-75(80)81)65(89)46-54(32-26-27-39-76)71(95)88-64(45-57-50-84-60-34-25-24-33-58(57)60)67(91)47-55(38-42-98-6)72(96)87-63(44-53-30-21-20-22-31-53)68(92)49-59(70(77)94)52(5)8-2/h20-22,24-25,30-31,33-34,50-52,54-56,59,61-64,84H,7-19,23,26-29,32,35-49,76H2,1-6H3,(H2,77,94)(H,85,93)(H,86,97)(H,87,96)(H,88,95)(H4,78,79,82)(H4,80,81,83)/t52-,54+,55+,56+,59-,61-,62-,63-,64-/m0/s1. The number of unbranched alkanes of at least 4 members (excludes halogenated alkanes) is 13. The lowest BCUT2D eigenvalue weighted by atomic mass is 9.84. The number of hydrogen-bond donors (Lipinski definition) is 11. The number of guanidine groups is 2. The van der Waals surface area contributed by atoms with E-state index in [-0.39, 0.29) is 138 Å². The van der Waals surface area contributed by atoms with Gasteiger partial charge in [0.05, 0.1) is 24.2 Å². The third-order valence-corrected chi connectivity index (χ3v) is 19.3. The summed E-state index contributed by atoms with van der Waals surface area (Å²) in [7, 11) is 0. The summed E-state index contributed by atoms with van der Waals surface area (Å²) in [4.78, 5) is 141. The van der Waals surface area contributed by atoms with Crippen LogP contribution in [0.15, 0.2) is 70.8 Å². The Hall–Kier alpha value is -7.14. The zero-order chi connectivity index (χ0) is 72.2. The highest BCUT2D eigenvalue weighted by atomic mass is 32.2. The molecule has 98 heavy (non-hydrogen) atoms. The fourth-order valence-corrected chi connectivity index (χ4v) is 13.1. The normalized spacial score (nSPS) is 14.2. The smallest absolute Gasteiger partial charge is 0.224 e. The number of nitrogens with two attached hydrogens (primary N) is 6. The van der Waals surface area contributed by atoms with Gasteiger partial charge >= 0.3 is 0 Å². The molecule has 548 valence electrons. The van der Waals surface area contributed by atoms with E-state index in [0.717, 1.165) is 41.3 Å². The number of Topliss-reactive ketones (excluding diaryl/α,β-unsaturated/α-hetero) is 4. The number of ketones is 4. The van der Waals surface area contributed by atoms with Crippen LogP contribution in [0.1, 0.15) is 226 Å². The molecule has 0 saturated carbocycles. The number of H-pyrrole nitrogens is 1. The number of thioether (sulfide) groups is 1. The molecular weight excluding hydrogens is 1260 g/mol. The monoisotopic (exact) mass is 1380 g/mol. The third-order valence-electron chi connectivity index (χ3n) is 18.6. The average molecular weight is 1380 g/mol. The minimum atomic E-state index is -1.20. The first kappa shape index (κ1) is 85.1. The summed E-state index contributed by atoms with van der Waals surface area (Å²) in [5.74, 6) is -7.78. The van der Waals surface area contributed by atoms with Crippen LogP contribution in [0.2, 0.25) is 0 Å². The van der Waals surface area contributed by atoms with Gasteiger partial charge in [0.2, 0.25) is 29.5 Å². The largest absolute Gasteiger partial charge is 0.370 e. The fraction of sp³-hybridized carbons (Fsp3) is 0.667. The molecule has 0 bridgehead atoms. The number of amides is 5. The molecule has 0 radical (unpaired) electrons. The van der Waals surface area contributed by atoms with Crippen LogP contribution in [0.3, 0.4) is 0 Å². The topological polar surface area (TPSA) is 398 Å². The van der Waals surface area contributed by atoms with Gasteiger partial charge in [-0.2, -0.15) is 11.8 Å². The molecule has 3 rings (SSSR count). The summed E-state index contributed by atoms with van der Waals surface area (Å²) in [6.45, 7) is 10.5. The number of aliphatic imine (C=N–C) groups is 2. The maximum absolute atomic E-state index is 15.2. The van der Waals surface area contributed by atoms with Gasteiger partial charge in [-0.3, -0.25) is 53.1 Å². The Labute approximate surface area is 588 Å². The molecule has 0 fully saturated rings. The Morgan fingerprint density at radius 3 is 1.52 bits per heavy atom. The van der Waals surface area contributed by atoms with E-state index in [4.69, 9.17) is 34.4 Å². The molecule has 0 aliphatic carbocycles. The number of hydrogen-bond acceptors (Lipinski definition) is 13. The number of rotatable bonds is 57. The van der Waals surface area contributed by atoms with Crippen LogP contribution in [-0.4, -0.2) is 125 Å². The van der Waals surface area contributed by atoms with E-state index in [1.807, 2.05) is 88.5 Å². The Bertz CT molecular complexity index is 2930. The highest BCUT2D eigenvalue weighted by molar-refractivity contribution is 7.98. The highest BCUT2D eigenvalue weighted by Gasteiger charge is 2.36. The third kappa shape index (κ3) is 34.6. The van der Waals surface area contributed by atoms with Crippen molar-refractivity contribution in [3.05, 3.63) is 71.9 Å². The molecular formula is C75H123N13O9S. The number of benzene rings is 2. The van der Waals surface area contributed by atoms with Gasteiger partial charge in [0.1, 0.15) is 0 Å². The molecule has 0 saturated heterocycles. The number of para-hydroxylation sites is 1. The van der Waals surface area contributed by atoms with E-state index in [2.05, 4.69) is 43.2 Å².